The molecule has 20 heavy (non-hydrogen) atoms. The molecule has 1 aliphatic carbocycles. The molecule has 0 aromatic carbocycles. The molecule has 5 nitrogen and oxygen atoms in total. The first-order valence-corrected chi connectivity index (χ1v) is 8.66. The van der Waals surface area contributed by atoms with Gasteiger partial charge in [0.25, 0.3) is 0 Å². The largest absolute Gasteiger partial charge is 0.315 e. The predicted octanol–water partition coefficient (Wildman–Crippen LogP) is 2.59. The summed E-state index contributed by atoms with van der Waals surface area (Å²) in [6.07, 6.45) is 5.28. The van der Waals surface area contributed by atoms with E-state index in [4.69, 9.17) is 0 Å². The second-order valence-corrected chi connectivity index (χ2v) is 7.55. The minimum Gasteiger partial charge on any atom is -0.315 e. The van der Waals surface area contributed by atoms with Gasteiger partial charge in [-0.3, -0.25) is 0 Å². The van der Waals surface area contributed by atoms with Gasteiger partial charge >= 0.3 is 0 Å². The Bertz CT molecular complexity index is 385. The van der Waals surface area contributed by atoms with Crippen molar-refractivity contribution >= 4 is 11.8 Å². The molecule has 114 valence electrons. The molecule has 1 N–H and O–H groups in total. The van der Waals surface area contributed by atoms with Gasteiger partial charge in [0.1, 0.15) is 0 Å². The highest BCUT2D eigenvalue weighted by Gasteiger charge is 2.21. The highest BCUT2D eigenvalue weighted by Crippen LogP contribution is 2.34. The summed E-state index contributed by atoms with van der Waals surface area (Å²) in [4.78, 5) is 0. The van der Waals surface area contributed by atoms with Gasteiger partial charge in [0.15, 0.2) is 0 Å². The van der Waals surface area contributed by atoms with Crippen molar-refractivity contribution in [3.63, 3.8) is 0 Å². The molecular formula is C14H27N5S. The number of rotatable bonds is 7. The van der Waals surface area contributed by atoms with Crippen molar-refractivity contribution in [2.24, 2.45) is 11.8 Å². The maximum absolute atomic E-state index is 4.18. The summed E-state index contributed by atoms with van der Waals surface area (Å²) < 4.78 is 1.94. The second kappa shape index (κ2) is 7.98. The van der Waals surface area contributed by atoms with Gasteiger partial charge in [-0.15, -0.1) is 5.10 Å². The van der Waals surface area contributed by atoms with Crippen molar-refractivity contribution in [2.75, 3.05) is 13.1 Å². The minimum absolute atomic E-state index is 0.682. The molecule has 1 aliphatic rings. The van der Waals surface area contributed by atoms with Gasteiger partial charge in [0.05, 0.1) is 6.54 Å². The third-order valence-corrected chi connectivity index (χ3v) is 5.09. The zero-order valence-electron chi connectivity index (χ0n) is 12.9. The summed E-state index contributed by atoms with van der Waals surface area (Å²) in [5.41, 5.74) is 0. The number of tetrazole rings is 1. The Labute approximate surface area is 126 Å². The zero-order chi connectivity index (χ0) is 14.4. The lowest BCUT2D eigenvalue weighted by Crippen LogP contribution is -2.25. The van der Waals surface area contributed by atoms with E-state index in [1.165, 1.54) is 25.7 Å². The molecule has 1 fully saturated rings. The third kappa shape index (κ3) is 5.05. The summed E-state index contributed by atoms with van der Waals surface area (Å²) in [5, 5.41) is 17.2. The molecule has 0 amide bonds. The van der Waals surface area contributed by atoms with E-state index in [2.05, 4.69) is 41.6 Å². The monoisotopic (exact) mass is 297 g/mol. The van der Waals surface area contributed by atoms with Crippen molar-refractivity contribution < 1.29 is 0 Å². The van der Waals surface area contributed by atoms with Crippen molar-refractivity contribution in [1.82, 2.24) is 25.5 Å². The summed E-state index contributed by atoms with van der Waals surface area (Å²) in [6.45, 7) is 9.62. The predicted molar refractivity (Wildman–Crippen MR) is 82.8 cm³/mol. The first-order chi connectivity index (χ1) is 9.65. The minimum atomic E-state index is 0.682. The molecule has 1 heterocycles. The van der Waals surface area contributed by atoms with Crippen molar-refractivity contribution in [1.29, 1.82) is 0 Å². The molecule has 0 aliphatic heterocycles. The molecule has 6 heteroatoms. The van der Waals surface area contributed by atoms with Gasteiger partial charge in [0, 0.05) is 11.8 Å². The van der Waals surface area contributed by atoms with Gasteiger partial charge in [-0.05, 0) is 54.5 Å². The fraction of sp³-hybridized carbons (Fsp3) is 0.929. The van der Waals surface area contributed by atoms with E-state index in [9.17, 15) is 0 Å². The Morgan fingerprint density at radius 1 is 1.30 bits per heavy atom. The zero-order valence-corrected chi connectivity index (χ0v) is 13.7. The standard InChI is InChI=1S/C14H27N5S/c1-11(2)10-15-8-9-19-14(16-17-18-19)20-13-6-4-12(3)5-7-13/h11-13,15H,4-10H2,1-3H3. The van der Waals surface area contributed by atoms with Gasteiger partial charge in [-0.2, -0.15) is 0 Å². The number of hydrogen-bond acceptors (Lipinski definition) is 5. The summed E-state index contributed by atoms with van der Waals surface area (Å²) >= 11 is 1.86. The van der Waals surface area contributed by atoms with Crippen molar-refractivity contribution in [3.8, 4) is 0 Å². The Hall–Kier alpha value is -0.620. The first kappa shape index (κ1) is 15.8. The highest BCUT2D eigenvalue weighted by molar-refractivity contribution is 7.99. The number of nitrogens with one attached hydrogen (secondary N) is 1. The van der Waals surface area contributed by atoms with Gasteiger partial charge in [0.2, 0.25) is 5.16 Å². The van der Waals surface area contributed by atoms with E-state index in [1.807, 2.05) is 16.4 Å². The van der Waals surface area contributed by atoms with Gasteiger partial charge in [-0.25, -0.2) is 4.68 Å². The Morgan fingerprint density at radius 2 is 2.05 bits per heavy atom. The lowest BCUT2D eigenvalue weighted by Gasteiger charge is -2.24. The third-order valence-electron chi connectivity index (χ3n) is 3.79. The Balaban J connectivity index is 1.76. The highest BCUT2D eigenvalue weighted by atomic mass is 32.2. The molecule has 1 aromatic heterocycles. The van der Waals surface area contributed by atoms with Crippen LogP contribution in [0.15, 0.2) is 5.16 Å². The lowest BCUT2D eigenvalue weighted by molar-refractivity contribution is 0.392. The molecule has 0 radical (unpaired) electrons. The van der Waals surface area contributed by atoms with E-state index in [0.717, 1.165) is 30.7 Å². The average Bonchev–Trinajstić information content (AvgIpc) is 2.85. The van der Waals surface area contributed by atoms with Gasteiger partial charge in [-0.1, -0.05) is 32.5 Å². The van der Waals surface area contributed by atoms with E-state index < -0.39 is 0 Å². The molecule has 0 saturated heterocycles. The Morgan fingerprint density at radius 3 is 2.75 bits per heavy atom. The molecule has 1 aromatic rings. The summed E-state index contributed by atoms with van der Waals surface area (Å²) in [6, 6.07) is 0. The fourth-order valence-electron chi connectivity index (χ4n) is 2.49. The van der Waals surface area contributed by atoms with E-state index in [1.54, 1.807) is 0 Å². The molecule has 2 rings (SSSR count). The molecule has 0 bridgehead atoms. The van der Waals surface area contributed by atoms with E-state index in [-0.39, 0.29) is 0 Å². The maximum atomic E-state index is 4.18. The van der Waals surface area contributed by atoms with Crippen LogP contribution >= 0.6 is 11.8 Å². The second-order valence-electron chi connectivity index (χ2n) is 6.28. The topological polar surface area (TPSA) is 55.6 Å². The van der Waals surface area contributed by atoms with Crippen LogP contribution in [-0.2, 0) is 6.54 Å². The molecule has 0 atom stereocenters. The van der Waals surface area contributed by atoms with Crippen LogP contribution in [0.4, 0.5) is 0 Å². The lowest BCUT2D eigenvalue weighted by atomic mass is 9.91. The smallest absolute Gasteiger partial charge is 0.209 e. The first-order valence-electron chi connectivity index (χ1n) is 7.78. The number of hydrogen-bond donors (Lipinski definition) is 1. The molecule has 0 unspecified atom stereocenters. The summed E-state index contributed by atoms with van der Waals surface area (Å²) in [7, 11) is 0. The van der Waals surface area contributed by atoms with E-state index in [0.29, 0.717) is 11.2 Å². The average molecular weight is 297 g/mol. The quantitative estimate of drug-likeness (QED) is 0.784. The maximum Gasteiger partial charge on any atom is 0.209 e. The van der Waals surface area contributed by atoms with Gasteiger partial charge < -0.3 is 5.32 Å². The molecular weight excluding hydrogens is 270 g/mol. The molecule has 0 spiro atoms. The van der Waals surface area contributed by atoms with Crippen LogP contribution in [0.25, 0.3) is 0 Å². The van der Waals surface area contributed by atoms with Crippen LogP contribution in [0.1, 0.15) is 46.5 Å². The SMILES string of the molecule is CC(C)CNCCn1nnnc1SC1CCC(C)CC1. The van der Waals surface area contributed by atoms with Crippen molar-refractivity contribution in [2.45, 2.75) is 63.4 Å². The molecule has 1 saturated carbocycles. The Kier molecular flexibility index (Phi) is 6.29. The van der Waals surface area contributed by atoms with Crippen LogP contribution in [0.2, 0.25) is 0 Å². The number of aromatic nitrogens is 4. The normalized spacial score (nSPS) is 23.4. The number of thioether (sulfide) groups is 1. The van der Waals surface area contributed by atoms with Crippen molar-refractivity contribution in [3.05, 3.63) is 0 Å². The van der Waals surface area contributed by atoms with Crippen LogP contribution < -0.4 is 5.32 Å². The summed E-state index contributed by atoms with van der Waals surface area (Å²) in [5.74, 6) is 1.57. The number of nitrogens with zero attached hydrogens (tertiary/aromatic N) is 4. The van der Waals surface area contributed by atoms with Crippen LogP contribution in [0.5, 0.6) is 0 Å². The van der Waals surface area contributed by atoms with Crippen LogP contribution in [0, 0.1) is 11.8 Å². The van der Waals surface area contributed by atoms with E-state index >= 15 is 0 Å². The van der Waals surface area contributed by atoms with Crippen LogP contribution in [0.3, 0.4) is 0 Å². The fourth-order valence-corrected chi connectivity index (χ4v) is 3.63. The van der Waals surface area contributed by atoms with Crippen LogP contribution in [-0.4, -0.2) is 38.5 Å².